The van der Waals surface area contributed by atoms with Gasteiger partial charge >= 0.3 is 0 Å². The van der Waals surface area contributed by atoms with E-state index in [2.05, 4.69) is 30.2 Å². The van der Waals surface area contributed by atoms with E-state index >= 15 is 0 Å². The van der Waals surface area contributed by atoms with Gasteiger partial charge in [0.25, 0.3) is 0 Å². The highest BCUT2D eigenvalue weighted by Crippen LogP contribution is 2.55. The maximum absolute atomic E-state index is 13.8. The standard InChI is InChI=1S/C25H33FN2O/c1-3-12-25(2,21-10-6-11-22(26)17-21)23-15-20(23)16-24(29)28-14-5-4-8-19-9-7-13-27-18-19/h6-7,9-11,13,17-18,20,23H,3-5,8,12,14-16H2,1-2H3,(H,28,29)/t20-,23?,25?/m0/s1. The molecule has 1 fully saturated rings. The van der Waals surface area contributed by atoms with Gasteiger partial charge in [0.1, 0.15) is 5.82 Å². The fraction of sp³-hybridized carbons (Fsp3) is 0.520. The van der Waals surface area contributed by atoms with Crippen molar-refractivity contribution in [3.8, 4) is 0 Å². The number of carbonyl (C=O) groups excluding carboxylic acids is 1. The average Bonchev–Trinajstić information content (AvgIpc) is 3.48. The average molecular weight is 397 g/mol. The first-order chi connectivity index (χ1) is 14.0. The molecule has 1 heterocycles. The van der Waals surface area contributed by atoms with Crippen LogP contribution < -0.4 is 5.32 Å². The summed E-state index contributed by atoms with van der Waals surface area (Å²) in [6, 6.07) is 11.1. The Hall–Kier alpha value is -2.23. The van der Waals surface area contributed by atoms with Crippen molar-refractivity contribution in [3.63, 3.8) is 0 Å². The van der Waals surface area contributed by atoms with E-state index in [0.717, 1.165) is 50.6 Å². The Morgan fingerprint density at radius 1 is 1.28 bits per heavy atom. The van der Waals surface area contributed by atoms with E-state index in [1.165, 1.54) is 11.6 Å². The topological polar surface area (TPSA) is 42.0 Å². The fourth-order valence-corrected chi connectivity index (χ4v) is 4.70. The van der Waals surface area contributed by atoms with Gasteiger partial charge in [0.15, 0.2) is 0 Å². The minimum absolute atomic E-state index is 0.0501. The maximum atomic E-state index is 13.8. The van der Waals surface area contributed by atoms with Crippen LogP contribution in [0.3, 0.4) is 0 Å². The van der Waals surface area contributed by atoms with Gasteiger partial charge < -0.3 is 5.32 Å². The molecule has 3 nitrogen and oxygen atoms in total. The van der Waals surface area contributed by atoms with Gasteiger partial charge in [-0.25, -0.2) is 4.39 Å². The van der Waals surface area contributed by atoms with Crippen molar-refractivity contribution in [2.45, 2.75) is 64.2 Å². The molecule has 0 saturated heterocycles. The van der Waals surface area contributed by atoms with Gasteiger partial charge in [-0.15, -0.1) is 0 Å². The predicted octanol–water partition coefficient (Wildman–Crippen LogP) is 5.44. The Bertz CT molecular complexity index is 794. The third-order valence-electron chi connectivity index (χ3n) is 6.38. The van der Waals surface area contributed by atoms with E-state index in [1.54, 1.807) is 18.3 Å². The second kappa shape index (κ2) is 10.00. The zero-order chi connectivity index (χ0) is 20.7. The normalized spacial score (nSPS) is 20.1. The summed E-state index contributed by atoms with van der Waals surface area (Å²) in [5.74, 6) is 0.841. The molecule has 1 N–H and O–H groups in total. The van der Waals surface area contributed by atoms with Crippen LogP contribution in [-0.4, -0.2) is 17.4 Å². The number of hydrogen-bond acceptors (Lipinski definition) is 2. The first-order valence-electron chi connectivity index (χ1n) is 10.9. The zero-order valence-electron chi connectivity index (χ0n) is 17.7. The van der Waals surface area contributed by atoms with E-state index < -0.39 is 0 Å². The molecule has 1 aromatic heterocycles. The molecule has 0 bridgehead atoms. The Morgan fingerprint density at radius 3 is 2.86 bits per heavy atom. The lowest BCUT2D eigenvalue weighted by atomic mass is 9.73. The van der Waals surface area contributed by atoms with Gasteiger partial charge in [-0.05, 0) is 78.7 Å². The van der Waals surface area contributed by atoms with Gasteiger partial charge in [0, 0.05) is 25.4 Å². The lowest BCUT2D eigenvalue weighted by Crippen LogP contribution is -2.28. The summed E-state index contributed by atoms with van der Waals surface area (Å²) in [7, 11) is 0. The van der Waals surface area contributed by atoms with Crippen LogP contribution in [0.1, 0.15) is 63.5 Å². The second-order valence-electron chi connectivity index (χ2n) is 8.65. The molecular weight excluding hydrogens is 363 g/mol. The van der Waals surface area contributed by atoms with Crippen molar-refractivity contribution in [1.82, 2.24) is 10.3 Å². The van der Waals surface area contributed by atoms with Crippen LogP contribution in [0, 0.1) is 17.7 Å². The van der Waals surface area contributed by atoms with Crippen LogP contribution in [-0.2, 0) is 16.6 Å². The molecule has 1 aliphatic carbocycles. The van der Waals surface area contributed by atoms with E-state index in [-0.39, 0.29) is 17.1 Å². The molecule has 1 amide bonds. The van der Waals surface area contributed by atoms with Gasteiger partial charge in [-0.3, -0.25) is 9.78 Å². The number of carbonyl (C=O) groups is 1. The summed E-state index contributed by atoms with van der Waals surface area (Å²) >= 11 is 0. The molecule has 2 unspecified atom stereocenters. The molecule has 156 valence electrons. The van der Waals surface area contributed by atoms with E-state index in [9.17, 15) is 9.18 Å². The Labute approximate surface area is 174 Å². The second-order valence-corrected chi connectivity index (χ2v) is 8.65. The summed E-state index contributed by atoms with van der Waals surface area (Å²) in [6.45, 7) is 5.14. The minimum Gasteiger partial charge on any atom is -0.356 e. The Morgan fingerprint density at radius 2 is 2.14 bits per heavy atom. The number of aryl methyl sites for hydroxylation is 1. The van der Waals surface area contributed by atoms with Gasteiger partial charge in [-0.2, -0.15) is 0 Å². The molecule has 3 atom stereocenters. The first-order valence-corrected chi connectivity index (χ1v) is 10.9. The molecule has 4 heteroatoms. The molecule has 0 spiro atoms. The summed E-state index contributed by atoms with van der Waals surface area (Å²) in [5.41, 5.74) is 2.26. The number of unbranched alkanes of at least 4 members (excludes halogenated alkanes) is 1. The van der Waals surface area contributed by atoms with Gasteiger partial charge in [0.05, 0.1) is 0 Å². The highest BCUT2D eigenvalue weighted by Gasteiger charge is 2.50. The number of halogens is 1. The predicted molar refractivity (Wildman–Crippen MR) is 115 cm³/mol. The SMILES string of the molecule is CCCC(C)(c1cccc(F)c1)C1C[C@H]1CC(=O)NCCCCc1cccnc1. The van der Waals surface area contributed by atoms with Crippen LogP contribution >= 0.6 is 0 Å². The van der Waals surface area contributed by atoms with Crippen molar-refractivity contribution in [2.75, 3.05) is 6.54 Å². The van der Waals surface area contributed by atoms with Crippen molar-refractivity contribution in [3.05, 3.63) is 65.7 Å². The highest BCUT2D eigenvalue weighted by molar-refractivity contribution is 5.76. The molecule has 1 aromatic carbocycles. The minimum atomic E-state index is -0.175. The van der Waals surface area contributed by atoms with Crippen LogP contribution in [0.4, 0.5) is 4.39 Å². The number of nitrogens with zero attached hydrogens (tertiary/aromatic N) is 1. The van der Waals surface area contributed by atoms with E-state index in [1.807, 2.05) is 18.3 Å². The van der Waals surface area contributed by atoms with Crippen LogP contribution in [0.15, 0.2) is 48.8 Å². The Balaban J connectivity index is 1.42. The van der Waals surface area contributed by atoms with E-state index in [4.69, 9.17) is 0 Å². The number of amides is 1. The van der Waals surface area contributed by atoms with Gasteiger partial charge in [-0.1, -0.05) is 38.5 Å². The lowest BCUT2D eigenvalue weighted by Gasteiger charge is -2.31. The number of aromatic nitrogens is 1. The number of pyridine rings is 1. The molecule has 29 heavy (non-hydrogen) atoms. The summed E-state index contributed by atoms with van der Waals surface area (Å²) in [4.78, 5) is 16.5. The van der Waals surface area contributed by atoms with Crippen molar-refractivity contribution >= 4 is 5.91 Å². The summed E-state index contributed by atoms with van der Waals surface area (Å²) in [5, 5.41) is 3.08. The molecule has 2 aromatic rings. The van der Waals surface area contributed by atoms with Crippen molar-refractivity contribution in [1.29, 1.82) is 0 Å². The molecule has 0 radical (unpaired) electrons. The largest absolute Gasteiger partial charge is 0.356 e. The number of hydrogen-bond donors (Lipinski definition) is 1. The van der Waals surface area contributed by atoms with Crippen LogP contribution in [0.25, 0.3) is 0 Å². The summed E-state index contributed by atoms with van der Waals surface area (Å²) in [6.07, 6.45) is 10.4. The molecule has 1 saturated carbocycles. The molecule has 3 rings (SSSR count). The van der Waals surface area contributed by atoms with Gasteiger partial charge in [0.2, 0.25) is 5.91 Å². The highest BCUT2D eigenvalue weighted by atomic mass is 19.1. The zero-order valence-corrected chi connectivity index (χ0v) is 17.7. The van der Waals surface area contributed by atoms with Crippen LogP contribution in [0.2, 0.25) is 0 Å². The van der Waals surface area contributed by atoms with E-state index in [0.29, 0.717) is 18.3 Å². The number of nitrogens with one attached hydrogen (secondary N) is 1. The quantitative estimate of drug-likeness (QED) is 0.514. The molecule has 0 aliphatic heterocycles. The number of benzene rings is 1. The molecular formula is C25H33FN2O. The summed E-state index contributed by atoms with van der Waals surface area (Å²) < 4.78 is 13.8. The number of rotatable bonds is 11. The monoisotopic (exact) mass is 396 g/mol. The first kappa shape index (κ1) is 21.5. The third-order valence-corrected chi connectivity index (χ3v) is 6.38. The third kappa shape index (κ3) is 5.88. The van der Waals surface area contributed by atoms with Crippen molar-refractivity contribution < 1.29 is 9.18 Å². The van der Waals surface area contributed by atoms with Crippen LogP contribution in [0.5, 0.6) is 0 Å². The Kier molecular flexibility index (Phi) is 7.40. The molecule has 1 aliphatic rings. The fourth-order valence-electron chi connectivity index (χ4n) is 4.70. The smallest absolute Gasteiger partial charge is 0.220 e. The van der Waals surface area contributed by atoms with Crippen molar-refractivity contribution in [2.24, 2.45) is 11.8 Å². The maximum Gasteiger partial charge on any atom is 0.220 e. The lowest BCUT2D eigenvalue weighted by molar-refractivity contribution is -0.121.